The second-order valence-electron chi connectivity index (χ2n) is 20.7. The van der Waals surface area contributed by atoms with E-state index in [1.807, 2.05) is 76.1 Å². The fraction of sp³-hybridized carbons (Fsp3) is 0.647. The number of hydrogen-bond acceptors (Lipinski definition) is 13. The van der Waals surface area contributed by atoms with Crippen molar-refractivity contribution in [3.63, 3.8) is 0 Å². The first-order chi connectivity index (χ1) is 31.9. The van der Waals surface area contributed by atoms with Gasteiger partial charge < -0.3 is 49.0 Å². The number of rotatable bonds is 13. The van der Waals surface area contributed by atoms with Gasteiger partial charge in [-0.3, -0.25) is 24.0 Å². The van der Waals surface area contributed by atoms with Gasteiger partial charge in [0.2, 0.25) is 0 Å². The first-order valence-electron chi connectivity index (χ1n) is 24.5. The number of carbonyl (C=O) groups excluding carboxylic acids is 2. The van der Waals surface area contributed by atoms with Crippen LogP contribution < -0.4 is 15.0 Å². The lowest BCUT2D eigenvalue weighted by Gasteiger charge is -2.63. The molecule has 11 atom stereocenters. The number of anilines is 1. The maximum absolute atomic E-state index is 15.5. The monoisotopic (exact) mass is 946 g/mol. The van der Waals surface area contributed by atoms with Crippen molar-refractivity contribution < 1.29 is 48.0 Å². The van der Waals surface area contributed by atoms with Crippen LogP contribution in [0.25, 0.3) is 10.9 Å². The molecular weight excluding hydrogens is 874 g/mol. The number of aliphatic hydroxyl groups excluding tert-OH is 1. The van der Waals surface area contributed by atoms with Gasteiger partial charge in [0.1, 0.15) is 23.1 Å². The number of hydrogen-bond donors (Lipinski definition) is 5. The maximum Gasteiger partial charge on any atom is 0.352 e. The molecule has 3 unspecified atom stereocenters. The predicted octanol–water partition coefficient (Wildman–Crippen LogP) is 5.61. The highest BCUT2D eigenvalue weighted by molar-refractivity contribution is 7.54. The van der Waals surface area contributed by atoms with Crippen molar-refractivity contribution in [1.29, 1.82) is 0 Å². The number of likely N-dealkylation sites (N-methyl/N-ethyl adjacent to an activating group) is 1. The Kier molecular flexibility index (Phi) is 12.4. The largest absolute Gasteiger partial charge is 0.496 e. The fourth-order valence-corrected chi connectivity index (χ4v) is 16.6. The molecule has 0 radical (unpaired) electrons. The lowest BCUT2D eigenvalue weighted by atomic mass is 9.47. The van der Waals surface area contributed by atoms with Crippen molar-refractivity contribution in [2.75, 3.05) is 72.1 Å². The molecule has 2 bridgehead atoms. The van der Waals surface area contributed by atoms with Crippen molar-refractivity contribution in [1.82, 2.24) is 20.1 Å². The van der Waals surface area contributed by atoms with Crippen LogP contribution in [0.5, 0.6) is 5.75 Å². The third-order valence-electron chi connectivity index (χ3n) is 17.1. The number of methoxy groups -OCH3 is 2. The average molecular weight is 946 g/mol. The molecule has 15 nitrogen and oxygen atoms in total. The Hall–Kier alpha value is -3.79. The smallest absolute Gasteiger partial charge is 0.352 e. The molecule has 1 spiro atoms. The third-order valence-corrected chi connectivity index (χ3v) is 19.7. The van der Waals surface area contributed by atoms with E-state index in [4.69, 9.17) is 18.5 Å². The van der Waals surface area contributed by atoms with Crippen molar-refractivity contribution in [3.8, 4) is 5.75 Å². The van der Waals surface area contributed by atoms with Crippen molar-refractivity contribution in [2.45, 2.75) is 126 Å². The van der Waals surface area contributed by atoms with E-state index < -0.39 is 70.8 Å². The zero-order valence-electron chi connectivity index (χ0n) is 40.8. The molecule has 366 valence electrons. The van der Waals surface area contributed by atoms with Crippen molar-refractivity contribution >= 4 is 36.1 Å². The van der Waals surface area contributed by atoms with E-state index in [0.717, 1.165) is 27.7 Å². The van der Waals surface area contributed by atoms with Crippen LogP contribution in [0.1, 0.15) is 96.0 Å². The Morgan fingerprint density at radius 2 is 1.72 bits per heavy atom. The maximum atomic E-state index is 15.5. The summed E-state index contributed by atoms with van der Waals surface area (Å²) < 4.78 is 38.5. The summed E-state index contributed by atoms with van der Waals surface area (Å²) in [6, 6.07) is 10.7. The number of para-hydroxylation sites is 1. The zero-order valence-corrected chi connectivity index (χ0v) is 41.7. The van der Waals surface area contributed by atoms with Gasteiger partial charge >= 0.3 is 13.6 Å². The second kappa shape index (κ2) is 17.3. The third kappa shape index (κ3) is 6.79. The summed E-state index contributed by atoms with van der Waals surface area (Å²) in [6.07, 6.45) is 5.32. The van der Waals surface area contributed by atoms with E-state index in [1.165, 1.54) is 7.11 Å². The summed E-state index contributed by atoms with van der Waals surface area (Å²) in [5.74, 6) is -2.61. The fourth-order valence-electron chi connectivity index (χ4n) is 14.4. The number of amides is 1. The minimum Gasteiger partial charge on any atom is -0.496 e. The number of carbonyl (C=O) groups is 2. The number of benzene rings is 2. The van der Waals surface area contributed by atoms with Crippen molar-refractivity contribution in [2.24, 2.45) is 17.3 Å². The summed E-state index contributed by atoms with van der Waals surface area (Å²) in [6.45, 7) is 14.4. The number of nitrogens with zero attached hydrogens (tertiary/aromatic N) is 3. The molecule has 3 fully saturated rings. The standard InChI is InChI=1S/C51H72N5O10P/c1-10-47(60)27-32-28-50(46(59)64-9,40-34(19-23-55(29-32)30-47)33-17-14-15-18-37(33)52-40)36-25-35-38(26-39(36)63-8)54(7)43-49(35)21-24-56-22-16-20-48(11-2,42(49)56)44(57)51(43,61)45(58)53-41(31(5)6)67(62,65-12-3)66-13-4/h14-18,20,25-26,31-32,41-44,52,57,60-61H,10-13,19,21-24,27-30H2,1-9H3,(H,53,58)/t32-,41-,42?,43+,44+,47-,48+,49?,50-,51-/m0/s1. The van der Waals surface area contributed by atoms with Crippen LogP contribution in [-0.2, 0) is 45.2 Å². The van der Waals surface area contributed by atoms with Gasteiger partial charge in [-0.2, -0.15) is 0 Å². The molecule has 1 saturated carbocycles. The van der Waals surface area contributed by atoms with Gasteiger partial charge in [0.15, 0.2) is 5.60 Å². The number of piperidine rings is 1. The lowest BCUT2D eigenvalue weighted by molar-refractivity contribution is -0.203. The molecule has 5 aliphatic heterocycles. The van der Waals surface area contributed by atoms with Gasteiger partial charge in [0.05, 0.1) is 39.1 Å². The highest BCUT2D eigenvalue weighted by Gasteiger charge is 2.79. The number of ether oxygens (including phenoxy) is 2. The molecule has 2 saturated heterocycles. The Morgan fingerprint density at radius 1 is 0.985 bits per heavy atom. The van der Waals surface area contributed by atoms with Gasteiger partial charge in [0.25, 0.3) is 5.91 Å². The highest BCUT2D eigenvalue weighted by atomic mass is 31.2. The van der Waals surface area contributed by atoms with Crippen LogP contribution in [0, 0.1) is 17.3 Å². The van der Waals surface area contributed by atoms with Gasteiger partial charge in [-0.15, -0.1) is 0 Å². The summed E-state index contributed by atoms with van der Waals surface area (Å²) in [5.41, 5.74) is -2.27. The molecule has 6 aliphatic rings. The highest BCUT2D eigenvalue weighted by Crippen LogP contribution is 2.68. The van der Waals surface area contributed by atoms with Crippen LogP contribution in [0.4, 0.5) is 5.69 Å². The van der Waals surface area contributed by atoms with E-state index in [-0.39, 0.29) is 25.2 Å². The molecular formula is C51H72N5O10P. The molecule has 5 N–H and O–H groups in total. The van der Waals surface area contributed by atoms with Gasteiger partial charge in [0, 0.05) is 84.0 Å². The van der Waals surface area contributed by atoms with Crippen LogP contribution in [0.15, 0.2) is 48.6 Å². The average Bonchev–Trinajstić information content (AvgIpc) is 3.97. The number of aromatic amines is 1. The number of H-pyrrole nitrogens is 1. The Labute approximate surface area is 395 Å². The molecule has 1 amide bonds. The van der Waals surface area contributed by atoms with Crippen LogP contribution in [-0.4, -0.2) is 144 Å². The molecule has 6 heterocycles. The molecule has 2 aromatic carbocycles. The molecule has 9 rings (SSSR count). The summed E-state index contributed by atoms with van der Waals surface area (Å²) >= 11 is 0. The Balaban J connectivity index is 1.31. The van der Waals surface area contributed by atoms with Crippen LogP contribution in [0.2, 0.25) is 0 Å². The SMILES string of the molecule is CCOP(=O)(OCC)[C@H](NC(=O)[C@]1(O)[C@@H]2N(C)c3cc(OC)c([C@@]4(C(=O)OC)C[C@H]5CN(CCc6c4[nH]c4ccccc64)C[C@](O)(CC)C5)cc3C23CCN2CC=C[C@](CC)(C23)[C@H]1O)C(C)C. The van der Waals surface area contributed by atoms with Gasteiger partial charge in [-0.1, -0.05) is 58.0 Å². The normalized spacial score (nSPS) is 34.9. The van der Waals surface area contributed by atoms with E-state index in [1.54, 1.807) is 21.0 Å². The minimum absolute atomic E-state index is 0.0734. The topological polar surface area (TPSA) is 186 Å². The van der Waals surface area contributed by atoms with E-state index in [0.29, 0.717) is 88.2 Å². The quantitative estimate of drug-likeness (QED) is 0.0810. The molecule has 1 aromatic heterocycles. The van der Waals surface area contributed by atoms with Crippen LogP contribution >= 0.6 is 7.60 Å². The minimum atomic E-state index is -3.97. The number of aliphatic hydroxyl groups is 3. The summed E-state index contributed by atoms with van der Waals surface area (Å²) in [4.78, 5) is 41.4. The first-order valence-corrected chi connectivity index (χ1v) is 26.2. The molecule has 16 heteroatoms. The summed E-state index contributed by atoms with van der Waals surface area (Å²) in [5, 5.41) is 42.9. The zero-order chi connectivity index (χ0) is 48.1. The number of esters is 1. The van der Waals surface area contributed by atoms with E-state index in [2.05, 4.69) is 32.2 Å². The predicted molar refractivity (Wildman–Crippen MR) is 256 cm³/mol. The number of aromatic nitrogens is 1. The van der Waals surface area contributed by atoms with Crippen molar-refractivity contribution in [3.05, 3.63) is 70.9 Å². The Morgan fingerprint density at radius 3 is 2.37 bits per heavy atom. The lowest BCUT2D eigenvalue weighted by Crippen LogP contribution is -2.82. The number of fused-ring (bicyclic) bond motifs is 6. The van der Waals surface area contributed by atoms with Gasteiger partial charge in [-0.25, -0.2) is 0 Å². The van der Waals surface area contributed by atoms with E-state index >= 15 is 9.59 Å². The second-order valence-corrected chi connectivity index (χ2v) is 22.8. The molecule has 3 aromatic rings. The van der Waals surface area contributed by atoms with E-state index in [9.17, 15) is 19.9 Å². The number of nitrogens with one attached hydrogen (secondary N) is 2. The molecule has 1 aliphatic carbocycles. The summed E-state index contributed by atoms with van der Waals surface area (Å²) in [7, 11) is 0.898. The van der Waals surface area contributed by atoms with Gasteiger partial charge in [-0.05, 0) is 94.0 Å². The molecule has 67 heavy (non-hydrogen) atoms. The Bertz CT molecular complexity index is 2490. The van der Waals surface area contributed by atoms with Crippen LogP contribution in [0.3, 0.4) is 0 Å². The first kappa shape index (κ1) is 48.2.